The third-order valence-corrected chi connectivity index (χ3v) is 6.08. The molecule has 2 aliphatic carbocycles. The van der Waals surface area contributed by atoms with E-state index in [-0.39, 0.29) is 23.9 Å². The molecule has 0 saturated heterocycles. The molecule has 0 aromatic carbocycles. The van der Waals surface area contributed by atoms with Crippen LogP contribution in [0.2, 0.25) is 0 Å². The van der Waals surface area contributed by atoms with E-state index in [2.05, 4.69) is 25.8 Å². The maximum absolute atomic E-state index is 13.2. The van der Waals surface area contributed by atoms with Gasteiger partial charge in [0.2, 0.25) is 5.88 Å². The molecule has 2 fully saturated rings. The largest absolute Gasteiger partial charge is 0.474 e. The molecule has 0 radical (unpaired) electrons. The summed E-state index contributed by atoms with van der Waals surface area (Å²) in [6.45, 7) is 7.25. The lowest BCUT2D eigenvalue weighted by atomic mass is 9.70. The van der Waals surface area contributed by atoms with E-state index in [1.807, 2.05) is 0 Å². The van der Waals surface area contributed by atoms with Crippen LogP contribution in [0.3, 0.4) is 0 Å². The Labute approximate surface area is 119 Å². The molecule has 0 spiro atoms. The Morgan fingerprint density at radius 3 is 2.75 bits per heavy atom. The summed E-state index contributed by atoms with van der Waals surface area (Å²) < 4.78 is 19.4. The van der Waals surface area contributed by atoms with Crippen LogP contribution in [0.5, 0.6) is 5.88 Å². The molecule has 110 valence electrons. The van der Waals surface area contributed by atoms with Crippen LogP contribution in [0.4, 0.5) is 4.39 Å². The summed E-state index contributed by atoms with van der Waals surface area (Å²) in [5, 5.41) is 0. The molecular formula is C16H23FN2O. The smallest absolute Gasteiger partial charge is 0.218 e. The first-order chi connectivity index (χ1) is 9.38. The van der Waals surface area contributed by atoms with Crippen LogP contribution in [-0.2, 0) is 6.54 Å². The van der Waals surface area contributed by atoms with Crippen molar-refractivity contribution in [3.05, 3.63) is 23.6 Å². The summed E-state index contributed by atoms with van der Waals surface area (Å²) >= 11 is 0. The first-order valence-electron chi connectivity index (χ1n) is 7.39. The molecule has 0 amide bonds. The van der Waals surface area contributed by atoms with Gasteiger partial charge in [-0.1, -0.05) is 20.8 Å². The highest BCUT2D eigenvalue weighted by Gasteiger charge is 2.62. The predicted octanol–water partition coefficient (Wildman–Crippen LogP) is 3.27. The van der Waals surface area contributed by atoms with E-state index in [4.69, 9.17) is 10.5 Å². The second-order valence-electron chi connectivity index (χ2n) is 7.04. The van der Waals surface area contributed by atoms with Crippen LogP contribution in [0.15, 0.2) is 12.3 Å². The zero-order valence-corrected chi connectivity index (χ0v) is 12.4. The standard InChI is InChI=1S/C16H23FN2O/c1-15(2)11-4-5-16(15,3)13(7-11)20-14-10(8-18)6-12(17)9-19-14/h6,9,11,13H,4-5,7-8,18H2,1-3H3. The van der Waals surface area contributed by atoms with Gasteiger partial charge in [-0.2, -0.15) is 0 Å². The molecule has 3 unspecified atom stereocenters. The number of rotatable bonds is 3. The fourth-order valence-corrected chi connectivity index (χ4v) is 4.16. The molecule has 4 heteroatoms. The number of hydrogen-bond donors (Lipinski definition) is 1. The van der Waals surface area contributed by atoms with Gasteiger partial charge in [-0.25, -0.2) is 9.37 Å². The number of nitrogens with zero attached hydrogens (tertiary/aromatic N) is 1. The Morgan fingerprint density at radius 2 is 2.20 bits per heavy atom. The molecule has 1 aromatic rings. The van der Waals surface area contributed by atoms with Crippen molar-refractivity contribution in [2.24, 2.45) is 22.5 Å². The van der Waals surface area contributed by atoms with Gasteiger partial charge in [0.05, 0.1) is 6.20 Å². The van der Waals surface area contributed by atoms with E-state index >= 15 is 0 Å². The summed E-state index contributed by atoms with van der Waals surface area (Å²) in [5.74, 6) is 0.847. The molecule has 2 aliphatic rings. The highest BCUT2D eigenvalue weighted by Crippen LogP contribution is 2.66. The maximum atomic E-state index is 13.2. The van der Waals surface area contributed by atoms with Crippen LogP contribution in [0, 0.1) is 22.6 Å². The van der Waals surface area contributed by atoms with Crippen LogP contribution in [0.25, 0.3) is 0 Å². The summed E-state index contributed by atoms with van der Waals surface area (Å²) in [4.78, 5) is 4.10. The van der Waals surface area contributed by atoms with Gasteiger partial charge in [0.1, 0.15) is 11.9 Å². The average Bonchev–Trinajstić information content (AvgIpc) is 2.74. The van der Waals surface area contributed by atoms with E-state index in [0.29, 0.717) is 22.8 Å². The molecule has 20 heavy (non-hydrogen) atoms. The number of aromatic nitrogens is 1. The van der Waals surface area contributed by atoms with Crippen molar-refractivity contribution in [1.82, 2.24) is 4.98 Å². The number of nitrogens with two attached hydrogens (primary N) is 1. The van der Waals surface area contributed by atoms with Gasteiger partial charge in [0.15, 0.2) is 0 Å². The number of hydrogen-bond acceptors (Lipinski definition) is 3. The lowest BCUT2D eigenvalue weighted by molar-refractivity contribution is 0.0266. The zero-order valence-electron chi connectivity index (χ0n) is 12.4. The first-order valence-corrected chi connectivity index (χ1v) is 7.39. The van der Waals surface area contributed by atoms with Crippen molar-refractivity contribution in [2.75, 3.05) is 0 Å². The van der Waals surface area contributed by atoms with Gasteiger partial charge in [0.25, 0.3) is 0 Å². The lowest BCUT2D eigenvalue weighted by Crippen LogP contribution is -2.39. The van der Waals surface area contributed by atoms with E-state index in [1.165, 1.54) is 25.1 Å². The van der Waals surface area contributed by atoms with Gasteiger partial charge in [0, 0.05) is 17.5 Å². The molecule has 3 rings (SSSR count). The van der Waals surface area contributed by atoms with E-state index < -0.39 is 0 Å². The van der Waals surface area contributed by atoms with Crippen molar-refractivity contribution in [2.45, 2.75) is 52.7 Å². The second kappa shape index (κ2) is 4.42. The minimum atomic E-state index is -0.364. The summed E-state index contributed by atoms with van der Waals surface area (Å²) in [6, 6.07) is 1.42. The van der Waals surface area contributed by atoms with Crippen molar-refractivity contribution in [3.8, 4) is 5.88 Å². The Morgan fingerprint density at radius 1 is 1.45 bits per heavy atom. The normalized spacial score (nSPS) is 34.5. The number of ether oxygens (including phenoxy) is 1. The fraction of sp³-hybridized carbons (Fsp3) is 0.688. The van der Waals surface area contributed by atoms with Crippen LogP contribution < -0.4 is 10.5 Å². The topological polar surface area (TPSA) is 48.1 Å². The van der Waals surface area contributed by atoms with Gasteiger partial charge >= 0.3 is 0 Å². The monoisotopic (exact) mass is 278 g/mol. The molecule has 1 heterocycles. The third-order valence-electron chi connectivity index (χ3n) is 6.08. The predicted molar refractivity (Wildman–Crippen MR) is 75.7 cm³/mol. The highest BCUT2D eigenvalue weighted by atomic mass is 19.1. The van der Waals surface area contributed by atoms with Gasteiger partial charge < -0.3 is 10.5 Å². The molecule has 3 nitrogen and oxygen atoms in total. The fourth-order valence-electron chi connectivity index (χ4n) is 4.16. The highest BCUT2D eigenvalue weighted by molar-refractivity contribution is 5.27. The Bertz CT molecular complexity index is 531. The van der Waals surface area contributed by atoms with Crippen LogP contribution in [-0.4, -0.2) is 11.1 Å². The molecule has 3 atom stereocenters. The van der Waals surface area contributed by atoms with Gasteiger partial charge in [-0.15, -0.1) is 0 Å². The molecule has 2 N–H and O–H groups in total. The van der Waals surface area contributed by atoms with Crippen molar-refractivity contribution in [3.63, 3.8) is 0 Å². The lowest BCUT2D eigenvalue weighted by Gasteiger charge is -2.38. The SMILES string of the molecule is CC1(C)C2CCC1(C)C(Oc1ncc(F)cc1CN)C2. The molecule has 2 bridgehead atoms. The number of halogens is 1. The molecule has 2 saturated carbocycles. The van der Waals surface area contributed by atoms with E-state index in [9.17, 15) is 4.39 Å². The van der Waals surface area contributed by atoms with Crippen molar-refractivity contribution in [1.29, 1.82) is 0 Å². The Kier molecular flexibility index (Phi) is 3.05. The van der Waals surface area contributed by atoms with Gasteiger partial charge in [-0.3, -0.25) is 0 Å². The van der Waals surface area contributed by atoms with Gasteiger partial charge in [-0.05, 0) is 36.7 Å². The quantitative estimate of drug-likeness (QED) is 0.923. The maximum Gasteiger partial charge on any atom is 0.218 e. The minimum Gasteiger partial charge on any atom is -0.474 e. The zero-order chi connectivity index (χ0) is 14.5. The van der Waals surface area contributed by atoms with E-state index in [1.54, 1.807) is 0 Å². The summed E-state index contributed by atoms with van der Waals surface area (Å²) in [6.07, 6.45) is 4.89. The molecular weight excluding hydrogens is 255 g/mol. The van der Waals surface area contributed by atoms with Crippen LogP contribution in [0.1, 0.15) is 45.6 Å². The first kappa shape index (κ1) is 13.8. The minimum absolute atomic E-state index is 0.152. The summed E-state index contributed by atoms with van der Waals surface area (Å²) in [5.41, 5.74) is 6.78. The van der Waals surface area contributed by atoms with Crippen LogP contribution >= 0.6 is 0 Å². The molecule has 0 aliphatic heterocycles. The summed E-state index contributed by atoms with van der Waals surface area (Å²) in [7, 11) is 0. The Balaban J connectivity index is 1.87. The van der Waals surface area contributed by atoms with Crippen molar-refractivity contribution < 1.29 is 9.13 Å². The Hall–Kier alpha value is -1.16. The third kappa shape index (κ3) is 1.77. The van der Waals surface area contributed by atoms with E-state index in [0.717, 1.165) is 6.42 Å². The second-order valence-corrected chi connectivity index (χ2v) is 7.04. The number of fused-ring (bicyclic) bond motifs is 2. The molecule has 1 aromatic heterocycles. The van der Waals surface area contributed by atoms with Crippen molar-refractivity contribution >= 4 is 0 Å². The number of pyridine rings is 1. The average molecular weight is 278 g/mol.